The molecule has 0 aliphatic rings. The van der Waals surface area contributed by atoms with Gasteiger partial charge in [-0.25, -0.2) is 4.79 Å². The highest BCUT2D eigenvalue weighted by atomic mass is 16.7. The van der Waals surface area contributed by atoms with Crippen LogP contribution < -0.4 is 0 Å². The molecule has 2 atom stereocenters. The SMILES string of the molecule is CC/C=C\C/C=C\C/C=C\C/C=C\C/C=C\C/C=C\C/C=C\CCCCCCCCCCCCCC(=O)OC(COC(=O)CCCCCC/C=C\C/C=C\C/C=C\C/C=C\C/C=C\C/C=C\CC)COC(OCC[N+](C)(C)C)C(=O)O. The van der Waals surface area contributed by atoms with Crippen LogP contribution in [0.2, 0.25) is 0 Å². The number of ether oxygens (including phenoxy) is 4. The molecule has 0 spiro atoms. The fourth-order valence-corrected chi connectivity index (χ4v) is 8.00. The molecule has 0 aliphatic carbocycles. The summed E-state index contributed by atoms with van der Waals surface area (Å²) in [5, 5.41) is 9.73. The van der Waals surface area contributed by atoms with Crippen LogP contribution in [0.25, 0.3) is 0 Å². The van der Waals surface area contributed by atoms with Crippen LogP contribution in [-0.4, -0.2) is 87.4 Å². The summed E-state index contributed by atoms with van der Waals surface area (Å²) < 4.78 is 22.9. The van der Waals surface area contributed by atoms with Crippen LogP contribution in [0.4, 0.5) is 0 Å². The van der Waals surface area contributed by atoms with Crippen molar-refractivity contribution in [2.24, 2.45) is 0 Å². The van der Waals surface area contributed by atoms with Gasteiger partial charge in [0.15, 0.2) is 6.10 Å². The number of carboxylic acids is 1. The Labute approximate surface area is 495 Å². The zero-order valence-corrected chi connectivity index (χ0v) is 51.9. The van der Waals surface area contributed by atoms with Crippen LogP contribution in [0.3, 0.4) is 0 Å². The highest BCUT2D eigenvalue weighted by Gasteiger charge is 2.25. The average molecular weight is 1120 g/mol. The molecule has 0 saturated heterocycles. The Morgan fingerprint density at radius 3 is 0.988 bits per heavy atom. The van der Waals surface area contributed by atoms with Crippen molar-refractivity contribution in [3.8, 4) is 0 Å². The van der Waals surface area contributed by atoms with Gasteiger partial charge in [0.1, 0.15) is 13.2 Å². The Hall–Kier alpha value is -5.09. The van der Waals surface area contributed by atoms with E-state index in [-0.39, 0.29) is 38.6 Å². The van der Waals surface area contributed by atoms with Gasteiger partial charge in [-0.05, 0) is 122 Å². The molecule has 0 amide bonds. The number of carbonyl (C=O) groups is 3. The van der Waals surface area contributed by atoms with Crippen molar-refractivity contribution in [2.75, 3.05) is 47.5 Å². The van der Waals surface area contributed by atoms with E-state index in [0.29, 0.717) is 23.9 Å². The van der Waals surface area contributed by atoms with Crippen molar-refractivity contribution >= 4 is 17.9 Å². The predicted molar refractivity (Wildman–Crippen MR) is 345 cm³/mol. The quantitative estimate of drug-likeness (QED) is 0.0211. The average Bonchev–Trinajstić information content (AvgIpc) is 3.44. The molecule has 1 N–H and O–H groups in total. The smallest absolute Gasteiger partial charge is 0.361 e. The second-order valence-corrected chi connectivity index (χ2v) is 21.6. The first-order chi connectivity index (χ1) is 39.6. The lowest BCUT2D eigenvalue weighted by atomic mass is 10.0. The molecule has 0 heterocycles. The zero-order chi connectivity index (χ0) is 59.1. The topological polar surface area (TPSA) is 108 Å². The number of quaternary nitrogens is 1. The second kappa shape index (κ2) is 61.0. The summed E-state index contributed by atoms with van der Waals surface area (Å²) in [6.07, 6.45) is 87.5. The molecule has 0 saturated carbocycles. The molecule has 0 bridgehead atoms. The van der Waals surface area contributed by atoms with E-state index in [9.17, 15) is 19.5 Å². The first kappa shape index (κ1) is 75.9. The largest absolute Gasteiger partial charge is 0.477 e. The number of rotatable bonds is 56. The monoisotopic (exact) mass is 1120 g/mol. The van der Waals surface area contributed by atoms with Gasteiger partial charge < -0.3 is 28.5 Å². The summed E-state index contributed by atoms with van der Waals surface area (Å²) in [6.45, 7) is 4.59. The van der Waals surface area contributed by atoms with Crippen molar-refractivity contribution in [3.05, 3.63) is 158 Å². The number of unbranched alkanes of at least 4 members (excludes halogenated alkanes) is 15. The lowest BCUT2D eigenvalue weighted by Gasteiger charge is -2.25. The number of carbonyl (C=O) groups excluding carboxylic acids is 2. The molecular formula is C72H116NO8+. The number of carboxylic acid groups (broad SMARTS) is 1. The molecule has 2 unspecified atom stereocenters. The van der Waals surface area contributed by atoms with Crippen LogP contribution in [0, 0.1) is 0 Å². The summed E-state index contributed by atoms with van der Waals surface area (Å²) in [7, 11) is 5.95. The Kier molecular flexibility index (Phi) is 57.2. The third-order valence-electron chi connectivity index (χ3n) is 12.8. The van der Waals surface area contributed by atoms with Gasteiger partial charge in [-0.3, -0.25) is 9.59 Å². The van der Waals surface area contributed by atoms with Gasteiger partial charge in [0.05, 0.1) is 34.4 Å². The fraction of sp³-hybridized carbons (Fsp3) is 0.597. The first-order valence-corrected chi connectivity index (χ1v) is 31.6. The number of likely N-dealkylation sites (N-methyl/N-ethyl adjacent to an activating group) is 1. The van der Waals surface area contributed by atoms with Crippen LogP contribution in [0.1, 0.15) is 219 Å². The van der Waals surface area contributed by atoms with Gasteiger partial charge in [0.2, 0.25) is 0 Å². The van der Waals surface area contributed by atoms with Gasteiger partial charge in [-0.15, -0.1) is 0 Å². The molecule has 0 rings (SSSR count). The Balaban J connectivity index is 4.27. The minimum absolute atomic E-state index is 0.174. The summed E-state index contributed by atoms with van der Waals surface area (Å²) in [6, 6.07) is 0. The van der Waals surface area contributed by atoms with E-state index in [1.165, 1.54) is 44.9 Å². The predicted octanol–water partition coefficient (Wildman–Crippen LogP) is 19.3. The van der Waals surface area contributed by atoms with Crippen LogP contribution in [0.5, 0.6) is 0 Å². The molecule has 0 aromatic rings. The van der Waals surface area contributed by atoms with Gasteiger partial charge >= 0.3 is 17.9 Å². The van der Waals surface area contributed by atoms with Crippen molar-refractivity contribution in [1.82, 2.24) is 0 Å². The molecule has 0 aliphatic heterocycles. The van der Waals surface area contributed by atoms with Crippen molar-refractivity contribution in [1.29, 1.82) is 0 Å². The van der Waals surface area contributed by atoms with E-state index in [2.05, 4.69) is 172 Å². The Morgan fingerprint density at radius 2 is 0.667 bits per heavy atom. The minimum Gasteiger partial charge on any atom is -0.477 e. The van der Waals surface area contributed by atoms with Gasteiger partial charge in [0, 0.05) is 12.8 Å². The van der Waals surface area contributed by atoms with Crippen LogP contribution in [0.15, 0.2) is 158 Å². The van der Waals surface area contributed by atoms with Crippen molar-refractivity contribution in [3.63, 3.8) is 0 Å². The maximum atomic E-state index is 12.9. The maximum absolute atomic E-state index is 12.9. The third kappa shape index (κ3) is 62.4. The Morgan fingerprint density at radius 1 is 0.370 bits per heavy atom. The van der Waals surface area contributed by atoms with Crippen LogP contribution in [-0.2, 0) is 33.3 Å². The second-order valence-electron chi connectivity index (χ2n) is 21.6. The van der Waals surface area contributed by atoms with E-state index in [4.69, 9.17) is 18.9 Å². The zero-order valence-electron chi connectivity index (χ0n) is 51.9. The lowest BCUT2D eigenvalue weighted by Crippen LogP contribution is -2.40. The number of hydrogen-bond acceptors (Lipinski definition) is 7. The molecule has 0 fully saturated rings. The van der Waals surface area contributed by atoms with E-state index < -0.39 is 24.3 Å². The molecule has 9 heteroatoms. The van der Waals surface area contributed by atoms with Gasteiger partial charge in [0.25, 0.3) is 6.29 Å². The molecule has 0 radical (unpaired) electrons. The molecule has 0 aromatic heterocycles. The standard InChI is InChI=1S/C72H115NO8/c1-6-8-10-12-14-16-18-20-22-24-26-28-30-31-32-33-34-35-36-37-38-39-41-43-45-47-49-51-53-55-57-59-61-63-70(75)81-68(67-80-72(71(76)77)78-65-64-73(3,4)5)66-79-69(74)62-60-58-56-54-52-50-48-46-44-42-40-29-27-25-23-21-19-17-15-13-11-9-7-2/h8-11,14-17,20-23,26-29,31-32,34-35,37-38,42,44,48,50,68,72H,6-7,12-13,18-19,24-25,30,33,36,39-41,43,45-47,49,51-67H2,1-5H3/p+1/b10-8-,11-9-,16-14-,17-15-,22-20-,23-21-,28-26-,29-27-,32-31-,35-34-,38-37-,44-42-,50-48-. The number of nitrogens with zero attached hydrogens (tertiary/aromatic N) is 1. The molecule has 81 heavy (non-hydrogen) atoms. The van der Waals surface area contributed by atoms with Crippen molar-refractivity contribution in [2.45, 2.75) is 232 Å². The molecular weight excluding hydrogens is 1010 g/mol. The number of hydrogen-bond donors (Lipinski definition) is 1. The fourth-order valence-electron chi connectivity index (χ4n) is 8.00. The summed E-state index contributed by atoms with van der Waals surface area (Å²) in [5.74, 6) is -2.06. The van der Waals surface area contributed by atoms with E-state index in [1.807, 2.05) is 21.1 Å². The van der Waals surface area contributed by atoms with Gasteiger partial charge in [-0.2, -0.15) is 0 Å². The number of aliphatic carboxylic acids is 1. The summed E-state index contributed by atoms with van der Waals surface area (Å²) in [4.78, 5) is 37.5. The number of allylic oxidation sites excluding steroid dienone is 26. The molecule has 9 nitrogen and oxygen atoms in total. The molecule has 0 aromatic carbocycles. The highest BCUT2D eigenvalue weighted by Crippen LogP contribution is 2.15. The normalized spacial score (nSPS) is 13.8. The summed E-state index contributed by atoms with van der Waals surface area (Å²) in [5.41, 5.74) is 0. The molecule has 456 valence electrons. The van der Waals surface area contributed by atoms with E-state index >= 15 is 0 Å². The van der Waals surface area contributed by atoms with E-state index in [0.717, 1.165) is 135 Å². The summed E-state index contributed by atoms with van der Waals surface area (Å²) >= 11 is 0. The Bertz CT molecular complexity index is 1880. The van der Waals surface area contributed by atoms with E-state index in [1.54, 1.807) is 0 Å². The minimum atomic E-state index is -1.53. The third-order valence-corrected chi connectivity index (χ3v) is 12.8. The highest BCUT2D eigenvalue weighted by molar-refractivity contribution is 5.71. The lowest BCUT2D eigenvalue weighted by molar-refractivity contribution is -0.870. The number of esters is 2. The maximum Gasteiger partial charge on any atom is 0.361 e. The van der Waals surface area contributed by atoms with Crippen LogP contribution >= 0.6 is 0 Å². The van der Waals surface area contributed by atoms with Crippen molar-refractivity contribution < 1.29 is 42.9 Å². The van der Waals surface area contributed by atoms with Gasteiger partial charge in [-0.1, -0.05) is 242 Å². The first-order valence-electron chi connectivity index (χ1n) is 31.6.